The molecule has 1 fully saturated rings. The van der Waals surface area contributed by atoms with Crippen molar-refractivity contribution in [3.05, 3.63) is 24.0 Å². The van der Waals surface area contributed by atoms with E-state index in [-0.39, 0.29) is 5.82 Å². The normalized spacial score (nSPS) is 23.5. The summed E-state index contributed by atoms with van der Waals surface area (Å²) in [7, 11) is 1.59. The van der Waals surface area contributed by atoms with Crippen LogP contribution in [0.2, 0.25) is 0 Å². The number of halogens is 1. The van der Waals surface area contributed by atoms with E-state index in [0.717, 1.165) is 31.6 Å². The number of rotatable bonds is 4. The number of methoxy groups -OCH3 is 1. The van der Waals surface area contributed by atoms with Gasteiger partial charge < -0.3 is 15.0 Å². The van der Waals surface area contributed by atoms with E-state index < -0.39 is 0 Å². The van der Waals surface area contributed by atoms with Gasteiger partial charge in [-0.05, 0) is 38.4 Å². The Labute approximate surface area is 114 Å². The van der Waals surface area contributed by atoms with Gasteiger partial charge in [-0.15, -0.1) is 0 Å². The van der Waals surface area contributed by atoms with Gasteiger partial charge in [-0.1, -0.05) is 6.92 Å². The minimum absolute atomic E-state index is 0.254. The van der Waals surface area contributed by atoms with Crippen LogP contribution in [0.15, 0.2) is 18.2 Å². The van der Waals surface area contributed by atoms with Crippen LogP contribution in [0.4, 0.5) is 10.1 Å². The zero-order valence-electron chi connectivity index (χ0n) is 11.9. The maximum absolute atomic E-state index is 13.3. The highest BCUT2D eigenvalue weighted by Crippen LogP contribution is 2.33. The molecule has 3 nitrogen and oxygen atoms in total. The molecule has 1 heterocycles. The van der Waals surface area contributed by atoms with Gasteiger partial charge in [-0.25, -0.2) is 4.39 Å². The lowest BCUT2D eigenvalue weighted by molar-refractivity contribution is 0.365. The molecule has 0 aromatic heterocycles. The van der Waals surface area contributed by atoms with Crippen LogP contribution >= 0.6 is 0 Å². The van der Waals surface area contributed by atoms with E-state index in [1.54, 1.807) is 7.11 Å². The molecule has 0 amide bonds. The molecule has 2 unspecified atom stereocenters. The van der Waals surface area contributed by atoms with Crippen molar-refractivity contribution in [2.24, 2.45) is 0 Å². The molecule has 1 N–H and O–H groups in total. The quantitative estimate of drug-likeness (QED) is 0.907. The lowest BCUT2D eigenvalue weighted by Crippen LogP contribution is -2.47. The summed E-state index contributed by atoms with van der Waals surface area (Å²) in [5, 5.41) is 3.51. The summed E-state index contributed by atoms with van der Waals surface area (Å²) in [6.45, 7) is 6.34. The van der Waals surface area contributed by atoms with Crippen LogP contribution in [-0.2, 0) is 0 Å². The Hall–Kier alpha value is -1.29. The lowest BCUT2D eigenvalue weighted by atomic mass is 9.97. The molecule has 0 bridgehead atoms. The average molecular weight is 266 g/mol. The number of hydrogen-bond donors (Lipinski definition) is 1. The van der Waals surface area contributed by atoms with E-state index in [9.17, 15) is 4.39 Å². The minimum Gasteiger partial charge on any atom is -0.494 e. The third-order valence-electron chi connectivity index (χ3n) is 3.82. The molecule has 0 aliphatic carbocycles. The van der Waals surface area contributed by atoms with Crippen molar-refractivity contribution in [1.82, 2.24) is 5.32 Å². The van der Waals surface area contributed by atoms with Crippen LogP contribution in [0.5, 0.6) is 5.75 Å². The van der Waals surface area contributed by atoms with Gasteiger partial charge in [-0.3, -0.25) is 0 Å². The molecule has 1 aliphatic rings. The van der Waals surface area contributed by atoms with Crippen molar-refractivity contribution in [3.8, 4) is 5.75 Å². The number of anilines is 1. The third kappa shape index (κ3) is 3.18. The Morgan fingerprint density at radius 3 is 2.89 bits per heavy atom. The van der Waals surface area contributed by atoms with Crippen molar-refractivity contribution in [2.45, 2.75) is 38.8 Å². The number of nitrogens with one attached hydrogen (secondary N) is 1. The number of hydrogen-bond acceptors (Lipinski definition) is 3. The molecule has 2 rings (SSSR count). The Morgan fingerprint density at radius 2 is 2.26 bits per heavy atom. The SMILES string of the molecule is CCNC1CCN(c2ccc(F)cc2OC)C(C)C1. The highest BCUT2D eigenvalue weighted by atomic mass is 19.1. The topological polar surface area (TPSA) is 24.5 Å². The molecule has 0 spiro atoms. The molecule has 2 atom stereocenters. The van der Waals surface area contributed by atoms with Crippen LogP contribution in [0.3, 0.4) is 0 Å². The van der Waals surface area contributed by atoms with Gasteiger partial charge in [-0.2, -0.15) is 0 Å². The summed E-state index contributed by atoms with van der Waals surface area (Å²) in [4.78, 5) is 2.31. The van der Waals surface area contributed by atoms with Gasteiger partial charge in [0, 0.05) is 24.7 Å². The predicted octanol–water partition coefficient (Wildman–Crippen LogP) is 2.80. The second kappa shape index (κ2) is 6.24. The second-order valence-corrected chi connectivity index (χ2v) is 5.14. The number of benzene rings is 1. The maximum atomic E-state index is 13.3. The lowest BCUT2D eigenvalue weighted by Gasteiger charge is -2.40. The molecule has 1 aliphatic heterocycles. The van der Waals surface area contributed by atoms with E-state index in [2.05, 4.69) is 24.1 Å². The minimum atomic E-state index is -0.254. The van der Waals surface area contributed by atoms with Gasteiger partial charge in [0.15, 0.2) is 0 Å². The fourth-order valence-corrected chi connectivity index (χ4v) is 2.89. The molecule has 106 valence electrons. The van der Waals surface area contributed by atoms with Crippen molar-refractivity contribution in [2.75, 3.05) is 25.1 Å². The van der Waals surface area contributed by atoms with Crippen LogP contribution < -0.4 is 15.0 Å². The van der Waals surface area contributed by atoms with Crippen molar-refractivity contribution in [3.63, 3.8) is 0 Å². The first-order chi connectivity index (χ1) is 9.15. The van der Waals surface area contributed by atoms with E-state index in [4.69, 9.17) is 4.74 Å². The number of ether oxygens (including phenoxy) is 1. The average Bonchev–Trinajstić information content (AvgIpc) is 2.40. The summed E-state index contributed by atoms with van der Waals surface area (Å²) < 4.78 is 18.6. The molecule has 0 radical (unpaired) electrons. The van der Waals surface area contributed by atoms with Gasteiger partial charge in [0.25, 0.3) is 0 Å². The van der Waals surface area contributed by atoms with E-state index in [1.165, 1.54) is 12.1 Å². The Kier molecular flexibility index (Phi) is 4.64. The van der Waals surface area contributed by atoms with Gasteiger partial charge in [0.05, 0.1) is 12.8 Å². The molecule has 0 saturated carbocycles. The molecule has 1 aromatic rings. The summed E-state index contributed by atoms with van der Waals surface area (Å²) in [5.41, 5.74) is 0.992. The first kappa shape index (κ1) is 14.1. The van der Waals surface area contributed by atoms with Crippen molar-refractivity contribution >= 4 is 5.69 Å². The zero-order chi connectivity index (χ0) is 13.8. The van der Waals surface area contributed by atoms with E-state index in [0.29, 0.717) is 17.8 Å². The van der Waals surface area contributed by atoms with Gasteiger partial charge in [0.1, 0.15) is 11.6 Å². The summed E-state index contributed by atoms with van der Waals surface area (Å²) in [5.74, 6) is 0.365. The Bertz CT molecular complexity index is 425. The van der Waals surface area contributed by atoms with Crippen molar-refractivity contribution < 1.29 is 9.13 Å². The fraction of sp³-hybridized carbons (Fsp3) is 0.600. The van der Waals surface area contributed by atoms with Crippen LogP contribution in [0.1, 0.15) is 26.7 Å². The van der Waals surface area contributed by atoms with Crippen molar-refractivity contribution in [1.29, 1.82) is 0 Å². The molecular formula is C15H23FN2O. The van der Waals surface area contributed by atoms with E-state index >= 15 is 0 Å². The summed E-state index contributed by atoms with van der Waals surface area (Å²) >= 11 is 0. The first-order valence-electron chi connectivity index (χ1n) is 6.99. The molecule has 4 heteroatoms. The van der Waals surface area contributed by atoms with Crippen LogP contribution in [-0.4, -0.2) is 32.3 Å². The maximum Gasteiger partial charge on any atom is 0.145 e. The smallest absolute Gasteiger partial charge is 0.145 e. The summed E-state index contributed by atoms with van der Waals surface area (Å²) in [6.07, 6.45) is 2.22. The fourth-order valence-electron chi connectivity index (χ4n) is 2.89. The number of nitrogens with zero attached hydrogens (tertiary/aromatic N) is 1. The van der Waals surface area contributed by atoms with Crippen LogP contribution in [0, 0.1) is 5.82 Å². The molecular weight excluding hydrogens is 243 g/mol. The highest BCUT2D eigenvalue weighted by molar-refractivity contribution is 5.59. The van der Waals surface area contributed by atoms with Crippen LogP contribution in [0.25, 0.3) is 0 Å². The summed E-state index contributed by atoms with van der Waals surface area (Å²) in [6, 6.07) is 5.79. The largest absolute Gasteiger partial charge is 0.494 e. The standard InChI is InChI=1S/C15H23FN2O/c1-4-17-13-7-8-18(11(2)9-13)14-6-5-12(16)10-15(14)19-3/h5-6,10-11,13,17H,4,7-9H2,1-3H3. The molecule has 1 saturated heterocycles. The van der Waals surface area contributed by atoms with Gasteiger partial charge >= 0.3 is 0 Å². The zero-order valence-corrected chi connectivity index (χ0v) is 11.9. The highest BCUT2D eigenvalue weighted by Gasteiger charge is 2.26. The first-order valence-corrected chi connectivity index (χ1v) is 6.99. The third-order valence-corrected chi connectivity index (χ3v) is 3.82. The van der Waals surface area contributed by atoms with Gasteiger partial charge in [0.2, 0.25) is 0 Å². The second-order valence-electron chi connectivity index (χ2n) is 5.14. The Balaban J connectivity index is 2.14. The molecule has 19 heavy (non-hydrogen) atoms. The Morgan fingerprint density at radius 1 is 1.47 bits per heavy atom. The van der Waals surface area contributed by atoms with E-state index in [1.807, 2.05) is 6.07 Å². The number of piperidine rings is 1. The predicted molar refractivity (Wildman–Crippen MR) is 76.5 cm³/mol. The monoisotopic (exact) mass is 266 g/mol. The molecule has 1 aromatic carbocycles.